The molecule has 2 N–H and O–H groups in total. The highest BCUT2D eigenvalue weighted by atomic mass is 35.5. The molecular formula is C17H21ClN2O3. The van der Waals surface area contributed by atoms with E-state index in [4.69, 9.17) is 16.3 Å². The molecule has 0 spiro atoms. The number of hydrogen-bond acceptors (Lipinski definition) is 4. The normalized spacial score (nSPS) is 22.6. The smallest absolute Gasteiger partial charge is 0.305 e. The Morgan fingerprint density at radius 2 is 2.26 bits per heavy atom. The predicted octanol–water partition coefficient (Wildman–Crippen LogP) is 2.83. The van der Waals surface area contributed by atoms with E-state index in [1.165, 1.54) is 20.0 Å². The fourth-order valence-corrected chi connectivity index (χ4v) is 3.27. The van der Waals surface area contributed by atoms with Crippen LogP contribution in [-0.2, 0) is 19.9 Å². The number of esters is 1. The Hall–Kier alpha value is -1.59. The van der Waals surface area contributed by atoms with E-state index in [0.717, 1.165) is 17.8 Å². The first-order valence-electron chi connectivity index (χ1n) is 7.98. The summed E-state index contributed by atoms with van der Waals surface area (Å²) < 4.78 is 4.69. The number of carbonyl (C=O) groups excluding carboxylic acids is 2. The number of benzene rings is 1. The minimum Gasteiger partial charge on any atom is -0.469 e. The maximum Gasteiger partial charge on any atom is 0.305 e. The van der Waals surface area contributed by atoms with Crippen molar-refractivity contribution in [3.05, 3.63) is 28.8 Å². The molecule has 2 aliphatic rings. The molecule has 5 nitrogen and oxygen atoms in total. The topological polar surface area (TPSA) is 67.4 Å². The molecule has 0 unspecified atom stereocenters. The number of nitrogens with one attached hydrogen (secondary N) is 2. The fraction of sp³-hybridized carbons (Fsp3) is 0.529. The average Bonchev–Trinajstić information content (AvgIpc) is 3.31. The zero-order valence-electron chi connectivity index (χ0n) is 13.2. The Kier molecular flexibility index (Phi) is 4.60. The molecule has 1 atom stereocenters. The van der Waals surface area contributed by atoms with Crippen molar-refractivity contribution in [2.24, 2.45) is 5.92 Å². The molecular weight excluding hydrogens is 316 g/mol. The van der Waals surface area contributed by atoms with Crippen molar-refractivity contribution in [3.63, 3.8) is 0 Å². The van der Waals surface area contributed by atoms with Gasteiger partial charge in [-0.25, -0.2) is 0 Å². The fourth-order valence-electron chi connectivity index (χ4n) is 3.10. The quantitative estimate of drug-likeness (QED) is 0.751. The van der Waals surface area contributed by atoms with Crippen LogP contribution < -0.4 is 10.6 Å². The van der Waals surface area contributed by atoms with Crippen molar-refractivity contribution in [1.29, 1.82) is 0 Å². The van der Waals surface area contributed by atoms with E-state index in [1.807, 2.05) is 6.07 Å². The summed E-state index contributed by atoms with van der Waals surface area (Å²) >= 11 is 6.03. The highest BCUT2D eigenvalue weighted by Crippen LogP contribution is 2.41. The standard InChI is InChI=1S/C17H21ClN2O3/c1-23-15(21)3-2-8-17(19-10-11-4-5-11)13-7-6-12(18)9-14(13)20-16(17)22/h6-7,9,11,19H,2-5,8,10H2,1H3,(H,20,22)/t17-/m0/s1. The molecule has 0 bridgehead atoms. The van der Waals surface area contributed by atoms with Gasteiger partial charge in [0.1, 0.15) is 5.54 Å². The van der Waals surface area contributed by atoms with E-state index in [2.05, 4.69) is 10.6 Å². The first-order valence-corrected chi connectivity index (χ1v) is 8.36. The van der Waals surface area contributed by atoms with Crippen LogP contribution in [0.1, 0.15) is 37.7 Å². The second-order valence-electron chi connectivity index (χ2n) is 6.30. The van der Waals surface area contributed by atoms with E-state index in [0.29, 0.717) is 30.2 Å². The van der Waals surface area contributed by atoms with Gasteiger partial charge in [0.2, 0.25) is 5.91 Å². The van der Waals surface area contributed by atoms with Crippen LogP contribution in [0.15, 0.2) is 18.2 Å². The lowest BCUT2D eigenvalue weighted by atomic mass is 9.85. The number of rotatable bonds is 7. The van der Waals surface area contributed by atoms with Gasteiger partial charge in [-0.15, -0.1) is 0 Å². The van der Waals surface area contributed by atoms with E-state index in [1.54, 1.807) is 12.1 Å². The molecule has 1 aromatic carbocycles. The van der Waals surface area contributed by atoms with Crippen LogP contribution >= 0.6 is 11.6 Å². The van der Waals surface area contributed by atoms with Crippen molar-refractivity contribution >= 4 is 29.2 Å². The summed E-state index contributed by atoms with van der Waals surface area (Å²) in [5, 5.41) is 6.98. The van der Waals surface area contributed by atoms with Gasteiger partial charge in [-0.2, -0.15) is 0 Å². The first-order chi connectivity index (χ1) is 11.0. The minimum atomic E-state index is -0.781. The maximum atomic E-state index is 12.7. The SMILES string of the molecule is COC(=O)CCC[C@@]1(NCC2CC2)C(=O)Nc2cc(Cl)ccc21. The molecule has 0 aromatic heterocycles. The number of carbonyl (C=O) groups is 2. The summed E-state index contributed by atoms with van der Waals surface area (Å²) in [5.74, 6) is 0.328. The zero-order valence-corrected chi connectivity index (χ0v) is 13.9. The average molecular weight is 337 g/mol. The lowest BCUT2D eigenvalue weighted by molar-refractivity contribution is -0.141. The van der Waals surface area contributed by atoms with Crippen molar-refractivity contribution in [3.8, 4) is 0 Å². The van der Waals surface area contributed by atoms with Crippen molar-refractivity contribution < 1.29 is 14.3 Å². The number of halogens is 1. The third-order valence-corrected chi connectivity index (χ3v) is 4.86. The summed E-state index contributed by atoms with van der Waals surface area (Å²) in [5.41, 5.74) is 0.887. The molecule has 1 amide bonds. The van der Waals surface area contributed by atoms with Gasteiger partial charge in [0.25, 0.3) is 0 Å². The van der Waals surface area contributed by atoms with Crippen LogP contribution in [0.25, 0.3) is 0 Å². The van der Waals surface area contributed by atoms with Gasteiger partial charge < -0.3 is 10.1 Å². The van der Waals surface area contributed by atoms with Crippen molar-refractivity contribution in [2.75, 3.05) is 19.0 Å². The third-order valence-electron chi connectivity index (χ3n) is 4.63. The van der Waals surface area contributed by atoms with Gasteiger partial charge in [0, 0.05) is 22.7 Å². The summed E-state index contributed by atoms with van der Waals surface area (Å²) in [6.07, 6.45) is 3.86. The molecule has 23 heavy (non-hydrogen) atoms. The molecule has 124 valence electrons. The summed E-state index contributed by atoms with van der Waals surface area (Å²) in [6, 6.07) is 5.47. The van der Waals surface area contributed by atoms with Gasteiger partial charge >= 0.3 is 5.97 Å². The Morgan fingerprint density at radius 3 is 2.96 bits per heavy atom. The molecule has 1 aliphatic carbocycles. The third kappa shape index (κ3) is 3.35. The Labute approximate surface area is 140 Å². The van der Waals surface area contributed by atoms with Crippen LogP contribution in [0.2, 0.25) is 5.02 Å². The largest absolute Gasteiger partial charge is 0.469 e. The van der Waals surface area contributed by atoms with Crippen molar-refractivity contribution in [1.82, 2.24) is 5.32 Å². The monoisotopic (exact) mass is 336 g/mol. The lowest BCUT2D eigenvalue weighted by Crippen LogP contribution is -2.49. The molecule has 3 rings (SSSR count). The number of ether oxygens (including phenoxy) is 1. The first kappa shape index (κ1) is 16.3. The number of anilines is 1. The second-order valence-corrected chi connectivity index (χ2v) is 6.74. The minimum absolute atomic E-state index is 0.0692. The molecule has 0 radical (unpaired) electrons. The van der Waals surface area contributed by atoms with Gasteiger partial charge in [-0.1, -0.05) is 17.7 Å². The molecule has 6 heteroatoms. The van der Waals surface area contributed by atoms with Crippen molar-refractivity contribution in [2.45, 2.75) is 37.6 Å². The van der Waals surface area contributed by atoms with E-state index >= 15 is 0 Å². The summed E-state index contributed by atoms with van der Waals surface area (Å²) in [4.78, 5) is 24.1. The van der Waals surface area contributed by atoms with Gasteiger partial charge in [-0.05, 0) is 50.3 Å². The van der Waals surface area contributed by atoms with Gasteiger partial charge in [-0.3, -0.25) is 14.9 Å². The van der Waals surface area contributed by atoms with E-state index in [9.17, 15) is 9.59 Å². The number of fused-ring (bicyclic) bond motifs is 1. The van der Waals surface area contributed by atoms with Crippen LogP contribution in [0, 0.1) is 5.92 Å². The van der Waals surface area contributed by atoms with Crippen LogP contribution in [0.4, 0.5) is 5.69 Å². The second kappa shape index (κ2) is 6.49. The predicted molar refractivity (Wildman–Crippen MR) is 88.4 cm³/mol. The maximum absolute atomic E-state index is 12.7. The highest BCUT2D eigenvalue weighted by Gasteiger charge is 2.46. The molecule has 1 aliphatic heterocycles. The molecule has 1 saturated carbocycles. The highest BCUT2D eigenvalue weighted by molar-refractivity contribution is 6.31. The number of hydrogen-bond donors (Lipinski definition) is 2. The number of amides is 1. The molecule has 1 aromatic rings. The molecule has 1 fully saturated rings. The van der Waals surface area contributed by atoms with Crippen LogP contribution in [0.3, 0.4) is 0 Å². The van der Waals surface area contributed by atoms with E-state index < -0.39 is 5.54 Å². The molecule has 1 heterocycles. The number of methoxy groups -OCH3 is 1. The Morgan fingerprint density at radius 1 is 1.48 bits per heavy atom. The van der Waals surface area contributed by atoms with Gasteiger partial charge in [0.15, 0.2) is 0 Å². The van der Waals surface area contributed by atoms with Crippen LogP contribution in [0.5, 0.6) is 0 Å². The zero-order chi connectivity index (χ0) is 16.4. The van der Waals surface area contributed by atoms with Crippen LogP contribution in [-0.4, -0.2) is 25.5 Å². The molecule has 0 saturated heterocycles. The Balaban J connectivity index is 1.82. The van der Waals surface area contributed by atoms with E-state index in [-0.39, 0.29) is 11.9 Å². The lowest BCUT2D eigenvalue weighted by Gasteiger charge is -2.29. The van der Waals surface area contributed by atoms with Gasteiger partial charge in [0.05, 0.1) is 7.11 Å². The summed E-state index contributed by atoms with van der Waals surface area (Å²) in [7, 11) is 1.38. The Bertz CT molecular complexity index is 630. The summed E-state index contributed by atoms with van der Waals surface area (Å²) in [6.45, 7) is 0.813.